The molecule has 0 aliphatic heterocycles. The molecular weight excluding hydrogens is 448 g/mol. The number of amides is 1. The number of nitrogens with zero attached hydrogens (tertiary/aromatic N) is 3. The quantitative estimate of drug-likeness (QED) is 0.206. The van der Waals surface area contributed by atoms with Gasteiger partial charge in [-0.3, -0.25) is 5.32 Å². The van der Waals surface area contributed by atoms with Crippen molar-refractivity contribution in [2.75, 3.05) is 11.9 Å². The summed E-state index contributed by atoms with van der Waals surface area (Å²) in [6, 6.07) is 14.6. The molecule has 0 bridgehead atoms. The van der Waals surface area contributed by atoms with E-state index in [9.17, 15) is 15.1 Å². The van der Waals surface area contributed by atoms with E-state index in [0.29, 0.717) is 28.6 Å². The number of ether oxygens (including phenoxy) is 2. The molecule has 1 amide bonds. The van der Waals surface area contributed by atoms with Gasteiger partial charge in [-0.1, -0.05) is 41.6 Å². The van der Waals surface area contributed by atoms with Crippen molar-refractivity contribution in [1.29, 1.82) is 0 Å². The van der Waals surface area contributed by atoms with Gasteiger partial charge in [0.05, 0.1) is 12.2 Å². The fourth-order valence-electron chi connectivity index (χ4n) is 3.73. The van der Waals surface area contributed by atoms with Crippen LogP contribution in [0.15, 0.2) is 53.1 Å². The zero-order chi connectivity index (χ0) is 24.9. The van der Waals surface area contributed by atoms with Crippen molar-refractivity contribution in [3.8, 4) is 22.5 Å². The Bertz CT molecular complexity index is 1270. The van der Waals surface area contributed by atoms with Gasteiger partial charge in [0.25, 0.3) is 0 Å². The average molecular weight is 475 g/mol. The third-order valence-electron chi connectivity index (χ3n) is 5.88. The Morgan fingerprint density at radius 1 is 1.11 bits per heavy atom. The number of carbonyl (C=O) groups is 2. The Morgan fingerprint density at radius 2 is 1.71 bits per heavy atom. The molecule has 1 atom stereocenters. The molecule has 0 saturated heterocycles. The van der Waals surface area contributed by atoms with Crippen molar-refractivity contribution in [3.63, 3.8) is 0 Å². The summed E-state index contributed by atoms with van der Waals surface area (Å²) in [6.45, 7) is 5.52. The van der Waals surface area contributed by atoms with Crippen molar-refractivity contribution >= 4 is 23.5 Å². The van der Waals surface area contributed by atoms with Crippen LogP contribution in [0.4, 0.5) is 10.5 Å². The van der Waals surface area contributed by atoms with Crippen molar-refractivity contribution in [3.05, 3.63) is 65.3 Å². The number of benzene rings is 2. The Kier molecular flexibility index (Phi) is 7.08. The number of hydrogen-bond donors (Lipinski definition) is 1. The zero-order valence-electron chi connectivity index (χ0n) is 19.8. The Morgan fingerprint density at radius 3 is 2.29 bits per heavy atom. The predicted molar refractivity (Wildman–Crippen MR) is 129 cm³/mol. The molecule has 0 unspecified atom stereocenters. The number of nitrogens with one attached hydrogen (secondary N) is 1. The van der Waals surface area contributed by atoms with Gasteiger partial charge in [-0.15, -0.1) is 0 Å². The van der Waals surface area contributed by atoms with Gasteiger partial charge in [-0.25, -0.2) is 9.59 Å². The molecule has 1 heterocycles. The third-order valence-corrected chi connectivity index (χ3v) is 5.88. The Labute approximate surface area is 202 Å². The van der Waals surface area contributed by atoms with Gasteiger partial charge < -0.3 is 19.5 Å². The fraction of sp³-hybridized carbons (Fsp3) is 0.308. The standard InChI is InChI=1S/C26H26N4O5/c1-4-33-25(31)23(29-27)20-11-7-18(8-12-20)19-9-13-21(14-10-19)24-22(15(2)30-35-24)28-26(32)34-16(3)17-5-6-17/h7-14,16-17H,4-6H2,1-3H3,(H,28,32)/t16-/m1/s1. The highest BCUT2D eigenvalue weighted by Crippen LogP contribution is 2.35. The van der Waals surface area contributed by atoms with E-state index in [2.05, 4.69) is 15.3 Å². The van der Waals surface area contributed by atoms with E-state index >= 15 is 0 Å². The monoisotopic (exact) mass is 474 g/mol. The third kappa shape index (κ3) is 5.47. The van der Waals surface area contributed by atoms with Gasteiger partial charge >= 0.3 is 17.8 Å². The van der Waals surface area contributed by atoms with Gasteiger partial charge in [0, 0.05) is 5.56 Å². The molecule has 1 aromatic heterocycles. The summed E-state index contributed by atoms with van der Waals surface area (Å²) < 4.78 is 15.9. The van der Waals surface area contributed by atoms with E-state index in [0.717, 1.165) is 29.5 Å². The molecular formula is C26H26N4O5. The van der Waals surface area contributed by atoms with E-state index in [1.54, 1.807) is 26.0 Å². The molecule has 1 N–H and O–H groups in total. The number of anilines is 1. The van der Waals surface area contributed by atoms with Gasteiger partial charge in [-0.05, 0) is 62.8 Å². The van der Waals surface area contributed by atoms with Crippen molar-refractivity contribution in [2.24, 2.45) is 5.92 Å². The summed E-state index contributed by atoms with van der Waals surface area (Å²) >= 11 is 0. The number of esters is 1. The maximum atomic E-state index is 12.3. The van der Waals surface area contributed by atoms with Crippen molar-refractivity contribution in [2.45, 2.75) is 39.7 Å². The maximum absolute atomic E-state index is 12.3. The smallest absolute Gasteiger partial charge is 0.422 e. The summed E-state index contributed by atoms with van der Waals surface area (Å²) in [5.74, 6) is 0.196. The zero-order valence-corrected chi connectivity index (χ0v) is 19.8. The summed E-state index contributed by atoms with van der Waals surface area (Å²) in [6.07, 6.45) is 1.52. The Balaban J connectivity index is 1.49. The highest BCUT2D eigenvalue weighted by atomic mass is 16.6. The first kappa shape index (κ1) is 23.9. The van der Waals surface area contributed by atoms with Gasteiger partial charge in [0.1, 0.15) is 17.5 Å². The van der Waals surface area contributed by atoms with Crippen LogP contribution < -0.4 is 5.32 Å². The number of rotatable bonds is 8. The van der Waals surface area contributed by atoms with Crippen LogP contribution in [0.3, 0.4) is 0 Å². The van der Waals surface area contributed by atoms with Crippen molar-refractivity contribution in [1.82, 2.24) is 5.16 Å². The summed E-state index contributed by atoms with van der Waals surface area (Å²) in [5, 5.41) is 6.77. The SMILES string of the molecule is CCOC(=O)C(=[N+]=[N-])c1ccc(-c2ccc(-c3onc(C)c3NC(=O)O[C@H](C)C3CC3)cc2)cc1. The first-order chi connectivity index (χ1) is 16.9. The molecule has 3 aromatic rings. The summed E-state index contributed by atoms with van der Waals surface area (Å²) in [5.41, 5.74) is 13.1. The van der Waals surface area contributed by atoms with E-state index in [4.69, 9.17) is 14.0 Å². The molecule has 0 radical (unpaired) electrons. The lowest BCUT2D eigenvalue weighted by Crippen LogP contribution is -2.21. The number of aromatic nitrogens is 1. The van der Waals surface area contributed by atoms with Crippen LogP contribution in [0.2, 0.25) is 0 Å². The minimum Gasteiger partial charge on any atom is -0.457 e. The molecule has 1 aliphatic carbocycles. The van der Waals surface area contributed by atoms with Crippen LogP contribution in [0.5, 0.6) is 0 Å². The molecule has 1 fully saturated rings. The second-order valence-electron chi connectivity index (χ2n) is 8.37. The highest BCUT2D eigenvalue weighted by Gasteiger charge is 2.31. The minimum absolute atomic E-state index is 0.124. The normalized spacial score (nSPS) is 13.5. The Hall–Kier alpha value is -4.23. The molecule has 9 nitrogen and oxygen atoms in total. The predicted octanol–water partition coefficient (Wildman–Crippen LogP) is 5.25. The maximum Gasteiger partial charge on any atom is 0.422 e. The van der Waals surface area contributed by atoms with E-state index in [1.807, 2.05) is 43.3 Å². The van der Waals surface area contributed by atoms with E-state index in [1.165, 1.54) is 0 Å². The second kappa shape index (κ2) is 10.4. The van der Waals surface area contributed by atoms with E-state index < -0.39 is 12.1 Å². The number of carbonyl (C=O) groups excluding carboxylic acids is 2. The topological polar surface area (TPSA) is 127 Å². The van der Waals surface area contributed by atoms with Crippen LogP contribution in [-0.2, 0) is 14.3 Å². The number of hydrogen-bond acceptors (Lipinski definition) is 6. The second-order valence-corrected chi connectivity index (χ2v) is 8.37. The van der Waals surface area contributed by atoms with Crippen LogP contribution in [0.25, 0.3) is 28.0 Å². The molecule has 0 spiro atoms. The summed E-state index contributed by atoms with van der Waals surface area (Å²) in [4.78, 5) is 27.3. The molecule has 180 valence electrons. The largest absolute Gasteiger partial charge is 0.457 e. The molecule has 1 aliphatic rings. The lowest BCUT2D eigenvalue weighted by atomic mass is 10.00. The van der Waals surface area contributed by atoms with Crippen LogP contribution in [0.1, 0.15) is 37.9 Å². The molecule has 1 saturated carbocycles. The van der Waals surface area contributed by atoms with E-state index in [-0.39, 0.29) is 18.4 Å². The average Bonchev–Trinajstić information content (AvgIpc) is 3.65. The molecule has 9 heteroatoms. The fourth-order valence-corrected chi connectivity index (χ4v) is 3.73. The first-order valence-electron chi connectivity index (χ1n) is 11.5. The molecule has 4 rings (SSSR count). The van der Waals surface area contributed by atoms with Crippen LogP contribution >= 0.6 is 0 Å². The lowest BCUT2D eigenvalue weighted by molar-refractivity contribution is -0.139. The molecule has 2 aromatic carbocycles. The highest BCUT2D eigenvalue weighted by molar-refractivity contribution is 6.40. The van der Waals surface area contributed by atoms with Crippen molar-refractivity contribution < 1.29 is 28.4 Å². The van der Waals surface area contributed by atoms with Gasteiger partial charge in [0.2, 0.25) is 0 Å². The lowest BCUT2D eigenvalue weighted by Gasteiger charge is -2.13. The number of aryl methyl sites for hydroxylation is 1. The van der Waals surface area contributed by atoms with Gasteiger partial charge in [0.15, 0.2) is 5.76 Å². The minimum atomic E-state index is -0.690. The molecule has 35 heavy (non-hydrogen) atoms. The van der Waals surface area contributed by atoms with Crippen LogP contribution in [0, 0.1) is 12.8 Å². The first-order valence-corrected chi connectivity index (χ1v) is 11.5. The summed E-state index contributed by atoms with van der Waals surface area (Å²) in [7, 11) is 0. The van der Waals surface area contributed by atoms with Crippen LogP contribution in [-0.4, -0.2) is 40.4 Å². The van der Waals surface area contributed by atoms with Gasteiger partial charge in [-0.2, -0.15) is 4.79 Å².